The Bertz CT molecular complexity index is 935. The number of fused-ring (bicyclic) bond motifs is 1. The molecule has 0 saturated heterocycles. The molecule has 2 heterocycles. The molecule has 1 aromatic carbocycles. The fraction of sp³-hybridized carbons (Fsp3) is 0.176. The van der Waals surface area contributed by atoms with Gasteiger partial charge < -0.3 is 9.84 Å². The molecule has 0 saturated carbocycles. The fourth-order valence-electron chi connectivity index (χ4n) is 2.22. The Labute approximate surface area is 142 Å². The lowest BCUT2D eigenvalue weighted by molar-refractivity contribution is 0.0521. The summed E-state index contributed by atoms with van der Waals surface area (Å²) in [5, 5.41) is 17.4. The molecule has 0 atom stereocenters. The van der Waals surface area contributed by atoms with Crippen LogP contribution < -0.4 is 0 Å². The van der Waals surface area contributed by atoms with Gasteiger partial charge in [-0.3, -0.25) is 4.40 Å². The summed E-state index contributed by atoms with van der Waals surface area (Å²) in [6.45, 7) is 1.74. The third-order valence-corrected chi connectivity index (χ3v) is 3.40. The number of halogens is 1. The Hall–Kier alpha value is -3.13. The molecule has 0 fully saturated rings. The van der Waals surface area contributed by atoms with E-state index in [0.29, 0.717) is 16.9 Å². The predicted octanol–water partition coefficient (Wildman–Crippen LogP) is 3.56. The summed E-state index contributed by atoms with van der Waals surface area (Å²) >= 11 is 0. The maximum atomic E-state index is 13.0. The van der Waals surface area contributed by atoms with E-state index in [1.165, 1.54) is 24.3 Å². The first kappa shape index (κ1) is 16.7. The maximum absolute atomic E-state index is 13.0. The molecule has 25 heavy (non-hydrogen) atoms. The monoisotopic (exact) mass is 342 g/mol. The van der Waals surface area contributed by atoms with Gasteiger partial charge in [-0.15, -0.1) is 10.2 Å². The number of aromatic nitrogens is 2. The molecule has 8 heteroatoms. The highest BCUT2D eigenvalue weighted by atomic mass is 19.1. The quantitative estimate of drug-likeness (QED) is 0.567. The third kappa shape index (κ3) is 3.53. The van der Waals surface area contributed by atoms with Crippen LogP contribution >= 0.6 is 0 Å². The number of carbonyl (C=O) groups excluding carboxylic acids is 1. The zero-order valence-corrected chi connectivity index (χ0v) is 13.4. The van der Waals surface area contributed by atoms with Crippen LogP contribution in [-0.4, -0.2) is 27.1 Å². The van der Waals surface area contributed by atoms with Crippen molar-refractivity contribution in [1.29, 1.82) is 0 Å². The number of aliphatic hydroxyl groups is 1. The molecule has 0 amide bonds. The normalized spacial score (nSPS) is 11.3. The number of pyridine rings is 1. The summed E-state index contributed by atoms with van der Waals surface area (Å²) in [6, 6.07) is 8.79. The van der Waals surface area contributed by atoms with Gasteiger partial charge in [0.1, 0.15) is 11.5 Å². The first-order valence-corrected chi connectivity index (χ1v) is 7.58. The summed E-state index contributed by atoms with van der Waals surface area (Å²) < 4.78 is 19.5. The number of nitrogens with zero attached hydrogens (tertiary/aromatic N) is 4. The van der Waals surface area contributed by atoms with Crippen LogP contribution in [0, 0.1) is 5.82 Å². The zero-order chi connectivity index (χ0) is 17.8. The molecule has 0 radical (unpaired) electrons. The minimum Gasteiger partial charge on any atom is -0.461 e. The summed E-state index contributed by atoms with van der Waals surface area (Å²) in [5.41, 5.74) is 1.53. The Kier molecular flexibility index (Phi) is 4.80. The van der Waals surface area contributed by atoms with E-state index in [0.717, 1.165) is 0 Å². The van der Waals surface area contributed by atoms with Crippen LogP contribution in [0.5, 0.6) is 0 Å². The highest BCUT2D eigenvalue weighted by Gasteiger charge is 2.20. The number of carbonyl (C=O) groups is 1. The molecule has 1 N–H and O–H groups in total. The van der Waals surface area contributed by atoms with E-state index in [4.69, 9.17) is 4.74 Å². The average Bonchev–Trinajstić information content (AvgIpc) is 2.99. The number of esters is 1. The van der Waals surface area contributed by atoms with E-state index in [2.05, 4.69) is 15.2 Å². The van der Waals surface area contributed by atoms with Gasteiger partial charge in [0.15, 0.2) is 11.5 Å². The SMILES string of the molecule is CCOC(=O)c1nc2cc(CO)ccn2c1N=Nc1ccc(F)cc1. The fourth-order valence-corrected chi connectivity index (χ4v) is 2.22. The number of ether oxygens (including phenoxy) is 1. The van der Waals surface area contributed by atoms with Gasteiger partial charge in [-0.25, -0.2) is 14.2 Å². The summed E-state index contributed by atoms with van der Waals surface area (Å²) in [4.78, 5) is 16.4. The average molecular weight is 342 g/mol. The van der Waals surface area contributed by atoms with Crippen LogP contribution in [0.25, 0.3) is 5.65 Å². The van der Waals surface area contributed by atoms with Gasteiger partial charge in [0.2, 0.25) is 0 Å². The maximum Gasteiger partial charge on any atom is 0.360 e. The number of azo groups is 1. The Morgan fingerprint density at radius 3 is 2.72 bits per heavy atom. The van der Waals surface area contributed by atoms with Gasteiger partial charge in [0.05, 0.1) is 18.9 Å². The second-order valence-electron chi connectivity index (χ2n) is 5.10. The molecule has 0 aliphatic heterocycles. The first-order valence-electron chi connectivity index (χ1n) is 7.58. The van der Waals surface area contributed by atoms with Gasteiger partial charge in [0.25, 0.3) is 0 Å². The molecule has 0 unspecified atom stereocenters. The van der Waals surface area contributed by atoms with Crippen molar-refractivity contribution in [2.75, 3.05) is 6.61 Å². The Balaban J connectivity index is 2.08. The summed E-state index contributed by atoms with van der Waals surface area (Å²) in [7, 11) is 0. The summed E-state index contributed by atoms with van der Waals surface area (Å²) in [6.07, 6.45) is 1.63. The van der Waals surface area contributed by atoms with E-state index in [1.807, 2.05) is 0 Å². The number of rotatable bonds is 5. The van der Waals surface area contributed by atoms with Gasteiger partial charge in [-0.2, -0.15) is 0 Å². The van der Waals surface area contributed by atoms with Crippen molar-refractivity contribution in [1.82, 2.24) is 9.38 Å². The molecule has 7 nitrogen and oxygen atoms in total. The van der Waals surface area contributed by atoms with Crippen LogP contribution in [0.15, 0.2) is 52.8 Å². The smallest absolute Gasteiger partial charge is 0.360 e. The number of aliphatic hydroxyl groups excluding tert-OH is 1. The van der Waals surface area contributed by atoms with Crippen LogP contribution in [0.1, 0.15) is 23.0 Å². The minimum absolute atomic E-state index is 0.0165. The van der Waals surface area contributed by atoms with Gasteiger partial charge in [-0.05, 0) is 48.9 Å². The topological polar surface area (TPSA) is 88.5 Å². The highest BCUT2D eigenvalue weighted by molar-refractivity contribution is 5.93. The first-order chi connectivity index (χ1) is 12.1. The standard InChI is InChI=1S/C17H15FN4O3/c1-2-25-17(24)15-16(21-20-13-5-3-12(18)4-6-13)22-8-7-11(10-23)9-14(22)19-15/h3-9,23H,2,10H2,1H3. The van der Waals surface area contributed by atoms with E-state index in [-0.39, 0.29) is 30.5 Å². The second-order valence-corrected chi connectivity index (χ2v) is 5.10. The molecule has 3 aromatic rings. The number of hydrogen-bond acceptors (Lipinski definition) is 6. The Morgan fingerprint density at radius 2 is 2.04 bits per heavy atom. The number of hydrogen-bond donors (Lipinski definition) is 1. The summed E-state index contributed by atoms with van der Waals surface area (Å²) in [5.74, 6) is -0.801. The van der Waals surface area contributed by atoms with E-state index < -0.39 is 5.97 Å². The lowest BCUT2D eigenvalue weighted by atomic mass is 10.3. The van der Waals surface area contributed by atoms with Crippen molar-refractivity contribution >= 4 is 23.1 Å². The minimum atomic E-state index is -0.621. The van der Waals surface area contributed by atoms with Gasteiger partial charge in [0, 0.05) is 6.20 Å². The van der Waals surface area contributed by atoms with Crippen LogP contribution in [0.3, 0.4) is 0 Å². The molecular weight excluding hydrogens is 327 g/mol. The molecule has 0 aliphatic rings. The predicted molar refractivity (Wildman–Crippen MR) is 87.6 cm³/mol. The van der Waals surface area contributed by atoms with Crippen molar-refractivity contribution < 1.29 is 19.0 Å². The molecule has 0 spiro atoms. The highest BCUT2D eigenvalue weighted by Crippen LogP contribution is 2.25. The molecule has 0 aliphatic carbocycles. The second kappa shape index (κ2) is 7.18. The van der Waals surface area contributed by atoms with E-state index in [9.17, 15) is 14.3 Å². The van der Waals surface area contributed by atoms with Crippen LogP contribution in [0.4, 0.5) is 15.9 Å². The molecule has 0 bridgehead atoms. The number of benzene rings is 1. The Morgan fingerprint density at radius 1 is 1.28 bits per heavy atom. The van der Waals surface area contributed by atoms with Gasteiger partial charge in [-0.1, -0.05) is 0 Å². The van der Waals surface area contributed by atoms with Crippen molar-refractivity contribution in [2.24, 2.45) is 10.2 Å². The van der Waals surface area contributed by atoms with Crippen molar-refractivity contribution in [3.8, 4) is 0 Å². The lowest BCUT2D eigenvalue weighted by Crippen LogP contribution is -2.05. The van der Waals surface area contributed by atoms with Crippen LogP contribution in [-0.2, 0) is 11.3 Å². The lowest BCUT2D eigenvalue weighted by Gasteiger charge is -2.00. The van der Waals surface area contributed by atoms with E-state index >= 15 is 0 Å². The van der Waals surface area contributed by atoms with Crippen LogP contribution in [0.2, 0.25) is 0 Å². The van der Waals surface area contributed by atoms with Gasteiger partial charge >= 0.3 is 5.97 Å². The molecular formula is C17H15FN4O3. The van der Waals surface area contributed by atoms with E-state index in [1.54, 1.807) is 29.7 Å². The van der Waals surface area contributed by atoms with Crippen molar-refractivity contribution in [3.63, 3.8) is 0 Å². The number of imidazole rings is 1. The largest absolute Gasteiger partial charge is 0.461 e. The molecule has 2 aromatic heterocycles. The third-order valence-electron chi connectivity index (χ3n) is 3.40. The molecule has 3 rings (SSSR count). The zero-order valence-electron chi connectivity index (χ0n) is 13.4. The molecule has 128 valence electrons. The van der Waals surface area contributed by atoms with Crippen molar-refractivity contribution in [2.45, 2.75) is 13.5 Å². The van der Waals surface area contributed by atoms with Crippen molar-refractivity contribution in [3.05, 3.63) is 59.7 Å².